The van der Waals surface area contributed by atoms with Gasteiger partial charge in [-0.25, -0.2) is 0 Å². The van der Waals surface area contributed by atoms with Gasteiger partial charge in [0.1, 0.15) is 6.61 Å². The lowest BCUT2D eigenvalue weighted by atomic mass is 10.1. The Morgan fingerprint density at radius 3 is 2.44 bits per heavy atom. The Morgan fingerprint density at radius 1 is 1.00 bits per heavy atom. The standard InChI is InChI=1S/C22H31ClN2O2/c1-4-25(5-2)15-9-14-24-16-18-11-8-13-21(26-3)22(18)27-17-19-10-6-7-12-20(19)23/h6-8,10-13,24H,4-5,9,14-17H2,1-3H3. The molecule has 0 amide bonds. The normalized spacial score (nSPS) is 11.0. The second-order valence-electron chi connectivity index (χ2n) is 6.39. The highest BCUT2D eigenvalue weighted by Gasteiger charge is 2.11. The van der Waals surface area contributed by atoms with Crippen LogP contribution in [0, 0.1) is 0 Å². The summed E-state index contributed by atoms with van der Waals surface area (Å²) in [4.78, 5) is 2.44. The molecule has 0 saturated carbocycles. The minimum atomic E-state index is 0.412. The van der Waals surface area contributed by atoms with Crippen LogP contribution in [0.5, 0.6) is 11.5 Å². The number of hydrogen-bond donors (Lipinski definition) is 1. The average molecular weight is 391 g/mol. The molecule has 0 spiro atoms. The van der Waals surface area contributed by atoms with Crippen LogP contribution in [0.15, 0.2) is 42.5 Å². The molecule has 0 bridgehead atoms. The lowest BCUT2D eigenvalue weighted by Gasteiger charge is -2.18. The number of nitrogens with one attached hydrogen (secondary N) is 1. The predicted octanol–water partition coefficient (Wildman–Crippen LogP) is 4.75. The Hall–Kier alpha value is -1.75. The van der Waals surface area contributed by atoms with Gasteiger partial charge >= 0.3 is 0 Å². The molecule has 0 aliphatic heterocycles. The van der Waals surface area contributed by atoms with Crippen LogP contribution in [0.25, 0.3) is 0 Å². The molecule has 0 radical (unpaired) electrons. The van der Waals surface area contributed by atoms with Crippen LogP contribution >= 0.6 is 11.6 Å². The second-order valence-corrected chi connectivity index (χ2v) is 6.79. The summed E-state index contributed by atoms with van der Waals surface area (Å²) in [5.74, 6) is 1.51. The van der Waals surface area contributed by atoms with E-state index in [-0.39, 0.29) is 0 Å². The molecular weight excluding hydrogens is 360 g/mol. The first-order valence-corrected chi connectivity index (χ1v) is 10.0. The van der Waals surface area contributed by atoms with Crippen molar-refractivity contribution in [1.29, 1.82) is 0 Å². The van der Waals surface area contributed by atoms with Crippen LogP contribution in [-0.2, 0) is 13.2 Å². The lowest BCUT2D eigenvalue weighted by Crippen LogP contribution is -2.27. The Balaban J connectivity index is 1.95. The highest BCUT2D eigenvalue weighted by atomic mass is 35.5. The minimum Gasteiger partial charge on any atom is -0.493 e. The van der Waals surface area contributed by atoms with Crippen molar-refractivity contribution in [2.24, 2.45) is 0 Å². The van der Waals surface area contributed by atoms with Gasteiger partial charge < -0.3 is 19.7 Å². The van der Waals surface area contributed by atoms with E-state index in [0.717, 1.165) is 61.8 Å². The summed E-state index contributed by atoms with van der Waals surface area (Å²) in [5, 5.41) is 4.23. The van der Waals surface area contributed by atoms with Gasteiger partial charge in [0.2, 0.25) is 0 Å². The molecule has 0 heterocycles. The Kier molecular flexibility index (Phi) is 9.46. The molecule has 0 aliphatic rings. The zero-order valence-electron chi connectivity index (χ0n) is 16.6. The summed E-state index contributed by atoms with van der Waals surface area (Å²) >= 11 is 6.24. The SMILES string of the molecule is CCN(CC)CCCNCc1cccc(OC)c1OCc1ccccc1Cl. The van der Waals surface area contributed by atoms with Gasteiger partial charge in [-0.1, -0.05) is 55.8 Å². The van der Waals surface area contributed by atoms with Gasteiger partial charge in [0, 0.05) is 22.7 Å². The molecule has 4 nitrogen and oxygen atoms in total. The summed E-state index contributed by atoms with van der Waals surface area (Å²) < 4.78 is 11.6. The fraction of sp³-hybridized carbons (Fsp3) is 0.455. The van der Waals surface area contributed by atoms with Crippen molar-refractivity contribution in [1.82, 2.24) is 10.2 Å². The first-order chi connectivity index (χ1) is 13.2. The molecule has 0 fully saturated rings. The van der Waals surface area contributed by atoms with Crippen molar-refractivity contribution in [3.8, 4) is 11.5 Å². The highest BCUT2D eigenvalue weighted by Crippen LogP contribution is 2.32. The number of rotatable bonds is 12. The van der Waals surface area contributed by atoms with Crippen LogP contribution in [-0.4, -0.2) is 38.2 Å². The summed E-state index contributed by atoms with van der Waals surface area (Å²) in [6, 6.07) is 13.7. The maximum absolute atomic E-state index is 6.24. The van der Waals surface area contributed by atoms with Gasteiger partial charge in [-0.15, -0.1) is 0 Å². The molecule has 148 valence electrons. The van der Waals surface area contributed by atoms with E-state index in [1.54, 1.807) is 7.11 Å². The molecule has 0 atom stereocenters. The minimum absolute atomic E-state index is 0.412. The average Bonchev–Trinajstić information content (AvgIpc) is 2.70. The maximum atomic E-state index is 6.24. The van der Waals surface area contributed by atoms with E-state index in [0.29, 0.717) is 11.6 Å². The summed E-state index contributed by atoms with van der Waals surface area (Å²) in [5.41, 5.74) is 2.05. The van der Waals surface area contributed by atoms with E-state index in [1.807, 2.05) is 36.4 Å². The summed E-state index contributed by atoms with van der Waals surface area (Å²) in [6.45, 7) is 9.86. The van der Waals surface area contributed by atoms with E-state index in [2.05, 4.69) is 30.1 Å². The second kappa shape index (κ2) is 11.9. The van der Waals surface area contributed by atoms with Crippen molar-refractivity contribution < 1.29 is 9.47 Å². The smallest absolute Gasteiger partial charge is 0.166 e. The molecule has 2 rings (SSSR count). The van der Waals surface area contributed by atoms with E-state index in [1.165, 1.54) is 0 Å². The van der Waals surface area contributed by atoms with E-state index >= 15 is 0 Å². The number of hydrogen-bond acceptors (Lipinski definition) is 4. The third-order valence-electron chi connectivity index (χ3n) is 4.65. The third kappa shape index (κ3) is 6.73. The largest absolute Gasteiger partial charge is 0.493 e. The molecule has 2 aromatic rings. The van der Waals surface area contributed by atoms with Gasteiger partial charge in [-0.3, -0.25) is 0 Å². The van der Waals surface area contributed by atoms with Crippen molar-refractivity contribution in [3.63, 3.8) is 0 Å². The number of ether oxygens (including phenoxy) is 2. The zero-order chi connectivity index (χ0) is 19.5. The van der Waals surface area contributed by atoms with Crippen molar-refractivity contribution in [2.75, 3.05) is 33.3 Å². The topological polar surface area (TPSA) is 33.7 Å². The molecule has 27 heavy (non-hydrogen) atoms. The number of nitrogens with zero attached hydrogens (tertiary/aromatic N) is 1. The van der Waals surface area contributed by atoms with Crippen LogP contribution in [0.4, 0.5) is 0 Å². The molecule has 2 aromatic carbocycles. The molecule has 0 unspecified atom stereocenters. The summed E-state index contributed by atoms with van der Waals surface area (Å²) in [7, 11) is 1.67. The predicted molar refractivity (Wildman–Crippen MR) is 113 cm³/mol. The van der Waals surface area contributed by atoms with Crippen LogP contribution < -0.4 is 14.8 Å². The molecule has 5 heteroatoms. The fourth-order valence-corrected chi connectivity index (χ4v) is 3.17. The zero-order valence-corrected chi connectivity index (χ0v) is 17.4. The van der Waals surface area contributed by atoms with Gasteiger partial charge in [-0.2, -0.15) is 0 Å². The molecule has 1 N–H and O–H groups in total. The Labute approximate surface area is 168 Å². The molecule has 0 saturated heterocycles. The summed E-state index contributed by atoms with van der Waals surface area (Å²) in [6.07, 6.45) is 1.13. The first kappa shape index (κ1) is 21.5. The van der Waals surface area contributed by atoms with Gasteiger partial charge in [0.05, 0.1) is 7.11 Å². The monoisotopic (exact) mass is 390 g/mol. The fourth-order valence-electron chi connectivity index (χ4n) is 2.98. The van der Waals surface area contributed by atoms with E-state index < -0.39 is 0 Å². The highest BCUT2D eigenvalue weighted by molar-refractivity contribution is 6.31. The quantitative estimate of drug-likeness (QED) is 0.530. The Bertz CT molecular complexity index is 690. The number of halogens is 1. The number of para-hydroxylation sites is 1. The first-order valence-electron chi connectivity index (χ1n) is 9.64. The van der Waals surface area contributed by atoms with Crippen LogP contribution in [0.2, 0.25) is 5.02 Å². The van der Waals surface area contributed by atoms with Gasteiger partial charge in [0.15, 0.2) is 11.5 Å². The number of benzene rings is 2. The molecule has 0 aromatic heterocycles. The third-order valence-corrected chi connectivity index (χ3v) is 5.02. The van der Waals surface area contributed by atoms with Crippen LogP contribution in [0.3, 0.4) is 0 Å². The van der Waals surface area contributed by atoms with Crippen molar-refractivity contribution >= 4 is 11.6 Å². The lowest BCUT2D eigenvalue weighted by molar-refractivity contribution is 0.280. The maximum Gasteiger partial charge on any atom is 0.166 e. The van der Waals surface area contributed by atoms with Crippen molar-refractivity contribution in [2.45, 2.75) is 33.4 Å². The number of methoxy groups -OCH3 is 1. The van der Waals surface area contributed by atoms with E-state index in [9.17, 15) is 0 Å². The van der Waals surface area contributed by atoms with Gasteiger partial charge in [0.25, 0.3) is 0 Å². The van der Waals surface area contributed by atoms with Gasteiger partial charge in [-0.05, 0) is 44.7 Å². The molecule has 0 aliphatic carbocycles. The molecular formula is C22H31ClN2O2. The Morgan fingerprint density at radius 2 is 1.74 bits per heavy atom. The van der Waals surface area contributed by atoms with E-state index in [4.69, 9.17) is 21.1 Å². The van der Waals surface area contributed by atoms with Crippen LogP contribution in [0.1, 0.15) is 31.4 Å². The van der Waals surface area contributed by atoms with Crippen molar-refractivity contribution in [3.05, 3.63) is 58.6 Å².